The van der Waals surface area contributed by atoms with Gasteiger partial charge in [-0.3, -0.25) is 4.79 Å². The first kappa shape index (κ1) is 9.08. The third kappa shape index (κ3) is 2.55. The Morgan fingerprint density at radius 3 is 3.17 bits per heavy atom. The second kappa shape index (κ2) is 4.78. The van der Waals surface area contributed by atoms with Crippen LogP contribution >= 0.6 is 0 Å². The van der Waals surface area contributed by atoms with Crippen LogP contribution in [-0.4, -0.2) is 25.7 Å². The maximum absolute atomic E-state index is 11.3. The van der Waals surface area contributed by atoms with E-state index in [1.54, 1.807) is 0 Å². The van der Waals surface area contributed by atoms with Crippen molar-refractivity contribution in [2.24, 2.45) is 5.92 Å². The maximum atomic E-state index is 11.3. The summed E-state index contributed by atoms with van der Waals surface area (Å²) in [5.41, 5.74) is 0. The zero-order chi connectivity index (χ0) is 8.81. The van der Waals surface area contributed by atoms with Crippen molar-refractivity contribution in [1.29, 1.82) is 0 Å². The van der Waals surface area contributed by atoms with Gasteiger partial charge in [0.25, 0.3) is 0 Å². The van der Waals surface area contributed by atoms with Crippen molar-refractivity contribution in [1.82, 2.24) is 5.32 Å². The summed E-state index contributed by atoms with van der Waals surface area (Å²) in [6, 6.07) is 0. The van der Waals surface area contributed by atoms with Crippen molar-refractivity contribution in [3.8, 4) is 12.3 Å². The standard InChI is InChI=1S/C9H13NO2/c1-2-5-10-9(11)8-4-3-6-12-7-8/h1,8H,3-7H2,(H,10,11). The molecule has 1 aliphatic heterocycles. The molecule has 1 fully saturated rings. The van der Waals surface area contributed by atoms with Gasteiger partial charge in [0.2, 0.25) is 5.91 Å². The van der Waals surface area contributed by atoms with E-state index in [0.717, 1.165) is 19.4 Å². The van der Waals surface area contributed by atoms with Crippen LogP contribution in [0.1, 0.15) is 12.8 Å². The third-order valence-corrected chi connectivity index (χ3v) is 1.90. The van der Waals surface area contributed by atoms with Gasteiger partial charge in [0, 0.05) is 6.61 Å². The molecule has 0 aliphatic carbocycles. The van der Waals surface area contributed by atoms with Crippen LogP contribution in [0.2, 0.25) is 0 Å². The molecular formula is C9H13NO2. The molecule has 1 N–H and O–H groups in total. The predicted molar refractivity (Wildman–Crippen MR) is 45.4 cm³/mol. The molecule has 1 atom stereocenters. The van der Waals surface area contributed by atoms with Crippen LogP contribution in [0.15, 0.2) is 0 Å². The number of amides is 1. The van der Waals surface area contributed by atoms with E-state index in [9.17, 15) is 4.79 Å². The summed E-state index contributed by atoms with van der Waals surface area (Å²) < 4.78 is 5.17. The third-order valence-electron chi connectivity index (χ3n) is 1.90. The molecule has 0 saturated carbocycles. The molecule has 0 aromatic carbocycles. The molecule has 1 amide bonds. The SMILES string of the molecule is C#CCNC(=O)C1CCCOC1. The van der Waals surface area contributed by atoms with Gasteiger partial charge in [-0.15, -0.1) is 6.42 Å². The second-order valence-corrected chi connectivity index (χ2v) is 2.84. The molecule has 3 nitrogen and oxygen atoms in total. The van der Waals surface area contributed by atoms with Crippen LogP contribution in [0, 0.1) is 18.3 Å². The highest BCUT2D eigenvalue weighted by atomic mass is 16.5. The number of terminal acetylenes is 1. The Balaban J connectivity index is 2.26. The molecule has 1 saturated heterocycles. The maximum Gasteiger partial charge on any atom is 0.226 e. The normalized spacial score (nSPS) is 22.8. The molecule has 1 heterocycles. The van der Waals surface area contributed by atoms with E-state index in [-0.39, 0.29) is 11.8 Å². The lowest BCUT2D eigenvalue weighted by Crippen LogP contribution is -2.35. The van der Waals surface area contributed by atoms with Crippen molar-refractivity contribution < 1.29 is 9.53 Å². The second-order valence-electron chi connectivity index (χ2n) is 2.84. The van der Waals surface area contributed by atoms with Gasteiger partial charge in [-0.25, -0.2) is 0 Å². The van der Waals surface area contributed by atoms with Crippen LogP contribution in [-0.2, 0) is 9.53 Å². The molecular weight excluding hydrogens is 154 g/mol. The fourth-order valence-electron chi connectivity index (χ4n) is 1.23. The zero-order valence-corrected chi connectivity index (χ0v) is 7.01. The quantitative estimate of drug-likeness (QED) is 0.595. The molecule has 0 bridgehead atoms. The van der Waals surface area contributed by atoms with E-state index >= 15 is 0 Å². The van der Waals surface area contributed by atoms with Crippen LogP contribution in [0.5, 0.6) is 0 Å². The first-order valence-electron chi connectivity index (χ1n) is 4.13. The first-order chi connectivity index (χ1) is 5.84. The Morgan fingerprint density at radius 1 is 1.75 bits per heavy atom. The van der Waals surface area contributed by atoms with Crippen LogP contribution in [0.4, 0.5) is 0 Å². The summed E-state index contributed by atoms with van der Waals surface area (Å²) in [6.07, 6.45) is 6.89. The largest absolute Gasteiger partial charge is 0.381 e. The van der Waals surface area contributed by atoms with E-state index in [1.807, 2.05) is 0 Å². The highest BCUT2D eigenvalue weighted by Gasteiger charge is 2.20. The van der Waals surface area contributed by atoms with Crippen molar-refractivity contribution >= 4 is 5.91 Å². The Hall–Kier alpha value is -1.01. The number of carbonyl (C=O) groups excluding carboxylic acids is 1. The van der Waals surface area contributed by atoms with Crippen molar-refractivity contribution in [3.63, 3.8) is 0 Å². The van der Waals surface area contributed by atoms with Crippen LogP contribution < -0.4 is 5.32 Å². The fourth-order valence-corrected chi connectivity index (χ4v) is 1.23. The molecule has 0 aromatic heterocycles. The Kier molecular flexibility index (Phi) is 3.62. The molecule has 1 rings (SSSR count). The van der Waals surface area contributed by atoms with Crippen LogP contribution in [0.25, 0.3) is 0 Å². The Labute approximate surface area is 72.5 Å². The summed E-state index contributed by atoms with van der Waals surface area (Å²) in [6.45, 7) is 1.63. The van der Waals surface area contributed by atoms with E-state index < -0.39 is 0 Å². The number of ether oxygens (including phenoxy) is 1. The number of nitrogens with one attached hydrogen (secondary N) is 1. The van der Waals surface area contributed by atoms with Crippen molar-refractivity contribution in [3.05, 3.63) is 0 Å². The zero-order valence-electron chi connectivity index (χ0n) is 7.01. The summed E-state index contributed by atoms with van der Waals surface area (Å²) in [7, 11) is 0. The summed E-state index contributed by atoms with van der Waals surface area (Å²) in [4.78, 5) is 11.3. The minimum atomic E-state index is 0.00657. The van der Waals surface area contributed by atoms with E-state index in [0.29, 0.717) is 13.2 Å². The Morgan fingerprint density at radius 2 is 2.58 bits per heavy atom. The highest BCUT2D eigenvalue weighted by molar-refractivity contribution is 5.79. The average Bonchev–Trinajstić information content (AvgIpc) is 2.15. The monoisotopic (exact) mass is 167 g/mol. The lowest BCUT2D eigenvalue weighted by atomic mass is 10.0. The van der Waals surface area contributed by atoms with Gasteiger partial charge in [-0.2, -0.15) is 0 Å². The molecule has 0 radical (unpaired) electrons. The first-order valence-corrected chi connectivity index (χ1v) is 4.13. The number of rotatable bonds is 2. The molecule has 66 valence electrons. The minimum Gasteiger partial charge on any atom is -0.381 e. The van der Waals surface area contributed by atoms with Gasteiger partial charge in [0.1, 0.15) is 0 Å². The minimum absolute atomic E-state index is 0.00657. The molecule has 1 aliphatic rings. The smallest absolute Gasteiger partial charge is 0.226 e. The average molecular weight is 167 g/mol. The molecule has 0 aromatic rings. The molecule has 3 heteroatoms. The summed E-state index contributed by atoms with van der Waals surface area (Å²) in [5, 5.41) is 2.65. The fraction of sp³-hybridized carbons (Fsp3) is 0.667. The Bertz CT molecular complexity index is 189. The summed E-state index contributed by atoms with van der Waals surface area (Å²) in [5.74, 6) is 2.39. The highest BCUT2D eigenvalue weighted by Crippen LogP contribution is 2.12. The van der Waals surface area contributed by atoms with Gasteiger partial charge in [0.15, 0.2) is 0 Å². The van der Waals surface area contributed by atoms with E-state index in [1.165, 1.54) is 0 Å². The molecule has 1 unspecified atom stereocenters. The van der Waals surface area contributed by atoms with Gasteiger partial charge in [-0.1, -0.05) is 5.92 Å². The van der Waals surface area contributed by atoms with Gasteiger partial charge in [-0.05, 0) is 12.8 Å². The van der Waals surface area contributed by atoms with Gasteiger partial charge >= 0.3 is 0 Å². The van der Waals surface area contributed by atoms with Crippen molar-refractivity contribution in [2.45, 2.75) is 12.8 Å². The number of hydrogen-bond donors (Lipinski definition) is 1. The lowest BCUT2D eigenvalue weighted by molar-refractivity contribution is -0.128. The molecule has 0 spiro atoms. The van der Waals surface area contributed by atoms with Crippen LogP contribution in [0.3, 0.4) is 0 Å². The lowest BCUT2D eigenvalue weighted by Gasteiger charge is -2.20. The van der Waals surface area contributed by atoms with Gasteiger partial charge in [0.05, 0.1) is 19.1 Å². The van der Waals surface area contributed by atoms with E-state index in [2.05, 4.69) is 11.2 Å². The van der Waals surface area contributed by atoms with E-state index in [4.69, 9.17) is 11.2 Å². The topological polar surface area (TPSA) is 38.3 Å². The molecule has 12 heavy (non-hydrogen) atoms. The predicted octanol–water partition coefficient (Wildman–Crippen LogP) is 0.162. The number of hydrogen-bond acceptors (Lipinski definition) is 2. The van der Waals surface area contributed by atoms with Crippen molar-refractivity contribution in [2.75, 3.05) is 19.8 Å². The van der Waals surface area contributed by atoms with Gasteiger partial charge < -0.3 is 10.1 Å². The number of carbonyl (C=O) groups is 1. The summed E-state index contributed by atoms with van der Waals surface area (Å²) >= 11 is 0.